The summed E-state index contributed by atoms with van der Waals surface area (Å²) in [5.41, 5.74) is 0.912. The molecule has 0 radical (unpaired) electrons. The van der Waals surface area contributed by atoms with Crippen LogP contribution in [0.2, 0.25) is 0 Å². The fourth-order valence-corrected chi connectivity index (χ4v) is 3.58. The van der Waals surface area contributed by atoms with Crippen LogP contribution in [0.25, 0.3) is 0 Å². The molecule has 1 aliphatic heterocycles. The monoisotopic (exact) mass is 281 g/mol. The Balaban J connectivity index is 2.15. The Morgan fingerprint density at radius 1 is 1.47 bits per heavy atom. The summed E-state index contributed by atoms with van der Waals surface area (Å²) in [5.74, 6) is 2.94. The Morgan fingerprint density at radius 3 is 3.00 bits per heavy atom. The first-order chi connectivity index (χ1) is 9.24. The maximum atomic E-state index is 10.7. The first-order valence-corrected chi connectivity index (χ1v) is 8.07. The lowest BCUT2D eigenvalue weighted by molar-refractivity contribution is 0.0732. The number of para-hydroxylation sites is 1. The molecule has 3 nitrogen and oxygen atoms in total. The van der Waals surface area contributed by atoms with E-state index in [1.165, 1.54) is 0 Å². The number of likely N-dealkylation sites (N-methyl/N-ethyl adjacent to an activating group) is 1. The summed E-state index contributed by atoms with van der Waals surface area (Å²) in [7, 11) is 2.09. The van der Waals surface area contributed by atoms with Crippen molar-refractivity contribution < 1.29 is 9.84 Å². The van der Waals surface area contributed by atoms with Crippen molar-refractivity contribution in [2.24, 2.45) is 0 Å². The Morgan fingerprint density at radius 2 is 2.26 bits per heavy atom. The highest BCUT2D eigenvalue weighted by Gasteiger charge is 2.29. The minimum absolute atomic E-state index is 0.171. The van der Waals surface area contributed by atoms with Gasteiger partial charge in [-0.1, -0.05) is 25.1 Å². The van der Waals surface area contributed by atoms with Crippen LogP contribution >= 0.6 is 11.8 Å². The molecule has 2 unspecified atom stereocenters. The quantitative estimate of drug-likeness (QED) is 0.899. The lowest BCUT2D eigenvalue weighted by atomic mass is 10.0. The van der Waals surface area contributed by atoms with Crippen LogP contribution in [0.3, 0.4) is 0 Å². The van der Waals surface area contributed by atoms with E-state index in [1.807, 2.05) is 36.0 Å². The number of aliphatic hydroxyl groups is 1. The van der Waals surface area contributed by atoms with Crippen molar-refractivity contribution in [2.45, 2.75) is 25.5 Å². The van der Waals surface area contributed by atoms with E-state index in [9.17, 15) is 5.11 Å². The topological polar surface area (TPSA) is 32.7 Å². The van der Waals surface area contributed by atoms with Gasteiger partial charge in [-0.15, -0.1) is 0 Å². The van der Waals surface area contributed by atoms with Crippen LogP contribution in [-0.2, 0) is 0 Å². The molecule has 0 aliphatic carbocycles. The van der Waals surface area contributed by atoms with Crippen LogP contribution in [0.5, 0.6) is 5.75 Å². The normalized spacial score (nSPS) is 22.2. The standard InChI is InChI=1S/C15H23NO2S/c1-3-9-18-14-7-5-4-6-12(14)15(17)13-11-19-10-8-16(13)2/h4-7,13,15,17H,3,8-11H2,1-2H3. The van der Waals surface area contributed by atoms with E-state index in [0.29, 0.717) is 6.61 Å². The Labute approximate surface area is 120 Å². The van der Waals surface area contributed by atoms with E-state index < -0.39 is 6.10 Å². The molecule has 1 aliphatic rings. The van der Waals surface area contributed by atoms with E-state index in [1.54, 1.807) is 0 Å². The number of thioether (sulfide) groups is 1. The van der Waals surface area contributed by atoms with Gasteiger partial charge in [-0.05, 0) is 19.5 Å². The molecular weight excluding hydrogens is 258 g/mol. The first kappa shape index (κ1) is 14.7. The third kappa shape index (κ3) is 3.65. The van der Waals surface area contributed by atoms with Crippen molar-refractivity contribution >= 4 is 11.8 Å². The molecule has 4 heteroatoms. The zero-order valence-corrected chi connectivity index (χ0v) is 12.5. The van der Waals surface area contributed by atoms with E-state index >= 15 is 0 Å². The van der Waals surface area contributed by atoms with Crippen molar-refractivity contribution in [1.82, 2.24) is 4.90 Å². The molecule has 0 bridgehead atoms. The van der Waals surface area contributed by atoms with Crippen molar-refractivity contribution in [3.63, 3.8) is 0 Å². The second kappa shape index (κ2) is 7.17. The molecule has 1 N–H and O–H groups in total. The second-order valence-corrected chi connectivity index (χ2v) is 6.10. The van der Waals surface area contributed by atoms with Crippen LogP contribution in [0.1, 0.15) is 25.0 Å². The molecule has 1 saturated heterocycles. The average molecular weight is 281 g/mol. The summed E-state index contributed by atoms with van der Waals surface area (Å²) in [5, 5.41) is 10.7. The number of rotatable bonds is 5. The molecule has 1 aromatic carbocycles. The molecule has 2 rings (SSSR count). The van der Waals surface area contributed by atoms with Crippen LogP contribution in [0.4, 0.5) is 0 Å². The van der Waals surface area contributed by atoms with Gasteiger partial charge in [0.05, 0.1) is 12.7 Å². The molecule has 0 saturated carbocycles. The minimum atomic E-state index is -0.481. The van der Waals surface area contributed by atoms with E-state index in [0.717, 1.165) is 35.8 Å². The first-order valence-electron chi connectivity index (χ1n) is 6.91. The van der Waals surface area contributed by atoms with Gasteiger partial charge < -0.3 is 9.84 Å². The van der Waals surface area contributed by atoms with Crippen LogP contribution in [0.15, 0.2) is 24.3 Å². The number of hydrogen-bond acceptors (Lipinski definition) is 4. The van der Waals surface area contributed by atoms with Crippen molar-refractivity contribution in [3.8, 4) is 5.75 Å². The summed E-state index contributed by atoms with van der Waals surface area (Å²) in [4.78, 5) is 2.25. The number of hydrogen-bond donors (Lipinski definition) is 1. The highest BCUT2D eigenvalue weighted by Crippen LogP contribution is 2.32. The molecular formula is C15H23NO2S. The maximum Gasteiger partial charge on any atom is 0.125 e. The molecule has 2 atom stereocenters. The Kier molecular flexibility index (Phi) is 5.55. The summed E-state index contributed by atoms with van der Waals surface area (Å²) in [6, 6.07) is 8.02. The van der Waals surface area contributed by atoms with Gasteiger partial charge in [-0.3, -0.25) is 4.90 Å². The van der Waals surface area contributed by atoms with Crippen LogP contribution in [0, 0.1) is 0 Å². The maximum absolute atomic E-state index is 10.7. The third-order valence-corrected chi connectivity index (χ3v) is 4.56. The van der Waals surface area contributed by atoms with Gasteiger partial charge in [-0.2, -0.15) is 11.8 Å². The predicted molar refractivity (Wildman–Crippen MR) is 80.9 cm³/mol. The number of aliphatic hydroxyl groups excluding tert-OH is 1. The summed E-state index contributed by atoms with van der Waals surface area (Å²) in [6.45, 7) is 3.81. The van der Waals surface area contributed by atoms with Gasteiger partial charge in [0.25, 0.3) is 0 Å². The highest BCUT2D eigenvalue weighted by atomic mass is 32.2. The lowest BCUT2D eigenvalue weighted by Crippen LogP contribution is -2.43. The smallest absolute Gasteiger partial charge is 0.125 e. The zero-order chi connectivity index (χ0) is 13.7. The van der Waals surface area contributed by atoms with Crippen LogP contribution in [-0.4, -0.2) is 47.8 Å². The second-order valence-electron chi connectivity index (χ2n) is 4.95. The van der Waals surface area contributed by atoms with E-state index in [-0.39, 0.29) is 6.04 Å². The zero-order valence-electron chi connectivity index (χ0n) is 11.7. The molecule has 1 aromatic rings. The van der Waals surface area contributed by atoms with Gasteiger partial charge in [-0.25, -0.2) is 0 Å². The molecule has 0 amide bonds. The summed E-state index contributed by atoms with van der Waals surface area (Å²) >= 11 is 1.91. The van der Waals surface area contributed by atoms with Crippen LogP contribution < -0.4 is 4.74 Å². The number of ether oxygens (including phenoxy) is 1. The molecule has 1 fully saturated rings. The van der Waals surface area contributed by atoms with Gasteiger partial charge in [0.1, 0.15) is 5.75 Å². The summed E-state index contributed by atoms with van der Waals surface area (Å²) in [6.07, 6.45) is 0.495. The molecule has 106 valence electrons. The van der Waals surface area contributed by atoms with Crippen molar-refractivity contribution in [1.29, 1.82) is 0 Å². The van der Waals surface area contributed by atoms with E-state index in [4.69, 9.17) is 4.74 Å². The molecule has 19 heavy (non-hydrogen) atoms. The largest absolute Gasteiger partial charge is 0.493 e. The van der Waals surface area contributed by atoms with E-state index in [2.05, 4.69) is 18.9 Å². The molecule has 1 heterocycles. The third-order valence-electron chi connectivity index (χ3n) is 3.51. The minimum Gasteiger partial charge on any atom is -0.493 e. The summed E-state index contributed by atoms with van der Waals surface area (Å²) < 4.78 is 5.75. The molecule has 0 aromatic heterocycles. The SMILES string of the molecule is CCCOc1ccccc1C(O)C1CSCCN1C. The fraction of sp³-hybridized carbons (Fsp3) is 0.600. The van der Waals surface area contributed by atoms with Crippen molar-refractivity contribution in [2.75, 3.05) is 31.7 Å². The van der Waals surface area contributed by atoms with Gasteiger partial charge >= 0.3 is 0 Å². The van der Waals surface area contributed by atoms with Crippen molar-refractivity contribution in [3.05, 3.63) is 29.8 Å². The van der Waals surface area contributed by atoms with Gasteiger partial charge in [0.2, 0.25) is 0 Å². The lowest BCUT2D eigenvalue weighted by Gasteiger charge is -2.35. The van der Waals surface area contributed by atoms with Gasteiger partial charge in [0.15, 0.2) is 0 Å². The average Bonchev–Trinajstić information content (AvgIpc) is 2.45. The number of nitrogens with zero attached hydrogens (tertiary/aromatic N) is 1. The van der Waals surface area contributed by atoms with Gasteiger partial charge in [0, 0.05) is 29.7 Å². The predicted octanol–water partition coefficient (Wildman–Crippen LogP) is 2.56. The number of benzene rings is 1. The Hall–Kier alpha value is -0.710. The highest BCUT2D eigenvalue weighted by molar-refractivity contribution is 7.99. The Bertz CT molecular complexity index is 399. The fourth-order valence-electron chi connectivity index (χ4n) is 2.31. The molecule has 0 spiro atoms.